The molecule has 2 aromatic heterocycles. The van der Waals surface area contributed by atoms with Crippen molar-refractivity contribution in [3.05, 3.63) is 41.7 Å². The maximum Gasteiger partial charge on any atom is 0.138 e. The zero-order valence-corrected chi connectivity index (χ0v) is 11.5. The zero-order valence-electron chi connectivity index (χ0n) is 11.5. The van der Waals surface area contributed by atoms with E-state index >= 15 is 0 Å². The molecule has 0 aliphatic rings. The van der Waals surface area contributed by atoms with Crippen molar-refractivity contribution in [2.24, 2.45) is 5.84 Å². The highest BCUT2D eigenvalue weighted by Crippen LogP contribution is 2.16. The fraction of sp³-hybridized carbons (Fsp3) is 0.462. The molecule has 2 heterocycles. The van der Waals surface area contributed by atoms with Crippen LogP contribution >= 0.6 is 0 Å². The number of aryl methyl sites for hydroxylation is 1. The van der Waals surface area contributed by atoms with Crippen molar-refractivity contribution in [1.82, 2.24) is 25.2 Å². The maximum atomic E-state index is 5.65. The Morgan fingerprint density at radius 2 is 2.16 bits per heavy atom. The molecule has 0 aromatic carbocycles. The van der Waals surface area contributed by atoms with E-state index in [9.17, 15) is 0 Å². The topological polar surface area (TPSA) is 81.7 Å². The van der Waals surface area contributed by atoms with E-state index in [0.29, 0.717) is 6.42 Å². The van der Waals surface area contributed by atoms with E-state index in [0.717, 1.165) is 17.2 Å². The highest BCUT2D eigenvalue weighted by atomic mass is 15.3. The summed E-state index contributed by atoms with van der Waals surface area (Å²) in [5.41, 5.74) is 4.70. The van der Waals surface area contributed by atoms with Crippen molar-refractivity contribution in [2.45, 2.75) is 39.3 Å². The monoisotopic (exact) mass is 260 g/mol. The van der Waals surface area contributed by atoms with Crippen molar-refractivity contribution in [1.29, 1.82) is 0 Å². The summed E-state index contributed by atoms with van der Waals surface area (Å²) in [6.07, 6.45) is 2.23. The Bertz CT molecular complexity index is 533. The fourth-order valence-corrected chi connectivity index (χ4v) is 2.04. The van der Waals surface area contributed by atoms with Gasteiger partial charge in [0.05, 0.1) is 11.7 Å². The first-order valence-corrected chi connectivity index (χ1v) is 6.40. The summed E-state index contributed by atoms with van der Waals surface area (Å²) in [4.78, 5) is 8.80. The van der Waals surface area contributed by atoms with Crippen LogP contribution in [0.25, 0.3) is 0 Å². The lowest BCUT2D eigenvalue weighted by molar-refractivity contribution is 0.463. The molecule has 0 saturated heterocycles. The summed E-state index contributed by atoms with van der Waals surface area (Å²) in [5, 5.41) is 4.23. The van der Waals surface area contributed by atoms with Gasteiger partial charge >= 0.3 is 0 Å². The third-order valence-electron chi connectivity index (χ3n) is 2.99. The third-order valence-corrected chi connectivity index (χ3v) is 2.99. The minimum atomic E-state index is -0.0680. The highest BCUT2D eigenvalue weighted by Gasteiger charge is 2.17. The molecule has 3 N–H and O–H groups in total. The smallest absolute Gasteiger partial charge is 0.138 e. The molecule has 0 bridgehead atoms. The molecule has 0 aliphatic heterocycles. The van der Waals surface area contributed by atoms with Gasteiger partial charge in [-0.3, -0.25) is 16.3 Å². The van der Waals surface area contributed by atoms with Crippen LogP contribution in [0.2, 0.25) is 0 Å². The van der Waals surface area contributed by atoms with E-state index in [1.165, 1.54) is 0 Å². The number of pyridine rings is 1. The number of rotatable bonds is 5. The van der Waals surface area contributed by atoms with E-state index in [-0.39, 0.29) is 12.1 Å². The molecule has 2 aromatic rings. The molecule has 0 radical (unpaired) electrons. The molecule has 1 atom stereocenters. The minimum Gasteiger partial charge on any atom is -0.271 e. The Labute approximate surface area is 113 Å². The number of hydrogen-bond donors (Lipinski definition) is 2. The van der Waals surface area contributed by atoms with Crippen molar-refractivity contribution >= 4 is 0 Å². The van der Waals surface area contributed by atoms with Crippen molar-refractivity contribution < 1.29 is 0 Å². The summed E-state index contributed by atoms with van der Waals surface area (Å²) >= 11 is 0. The molecular formula is C13H20N6. The van der Waals surface area contributed by atoms with Crippen LogP contribution in [0, 0.1) is 6.92 Å². The van der Waals surface area contributed by atoms with Crippen LogP contribution in [-0.4, -0.2) is 19.7 Å². The minimum absolute atomic E-state index is 0.0680. The highest BCUT2D eigenvalue weighted by molar-refractivity contribution is 5.14. The molecule has 1 unspecified atom stereocenters. The maximum absolute atomic E-state index is 5.65. The van der Waals surface area contributed by atoms with Gasteiger partial charge in [-0.15, -0.1) is 0 Å². The number of nitrogens with zero attached hydrogens (tertiary/aromatic N) is 4. The van der Waals surface area contributed by atoms with E-state index in [1.807, 2.05) is 29.8 Å². The molecule has 102 valence electrons. The van der Waals surface area contributed by atoms with Gasteiger partial charge in [-0.25, -0.2) is 9.67 Å². The Balaban J connectivity index is 2.22. The first kappa shape index (κ1) is 13.6. The van der Waals surface area contributed by atoms with E-state index in [1.54, 1.807) is 6.33 Å². The average Bonchev–Trinajstić information content (AvgIpc) is 2.84. The molecular weight excluding hydrogens is 240 g/mol. The standard InChI is InChI=1S/C13H20N6/c1-9(2)19-13(15-8-16-19)7-12(18-14)11-6-4-5-10(3)17-11/h4-6,8-9,12,18H,7,14H2,1-3H3. The quantitative estimate of drug-likeness (QED) is 0.625. The lowest BCUT2D eigenvalue weighted by atomic mass is 10.1. The summed E-state index contributed by atoms with van der Waals surface area (Å²) in [5.74, 6) is 6.55. The van der Waals surface area contributed by atoms with Gasteiger partial charge in [0.25, 0.3) is 0 Å². The molecule has 0 saturated carbocycles. The molecule has 0 aliphatic carbocycles. The first-order valence-electron chi connectivity index (χ1n) is 6.40. The number of aromatic nitrogens is 4. The second-order valence-corrected chi connectivity index (χ2v) is 4.84. The summed E-state index contributed by atoms with van der Waals surface area (Å²) < 4.78 is 1.90. The zero-order chi connectivity index (χ0) is 13.8. The van der Waals surface area contributed by atoms with Crippen molar-refractivity contribution in [3.8, 4) is 0 Å². The van der Waals surface area contributed by atoms with Gasteiger partial charge in [-0.2, -0.15) is 5.10 Å². The number of nitrogens with one attached hydrogen (secondary N) is 1. The van der Waals surface area contributed by atoms with Gasteiger partial charge in [0.15, 0.2) is 0 Å². The van der Waals surface area contributed by atoms with Crippen LogP contribution in [0.15, 0.2) is 24.5 Å². The lowest BCUT2D eigenvalue weighted by Crippen LogP contribution is -2.31. The Morgan fingerprint density at radius 1 is 1.37 bits per heavy atom. The van der Waals surface area contributed by atoms with E-state index in [2.05, 4.69) is 34.3 Å². The first-order chi connectivity index (χ1) is 9.11. The predicted molar refractivity (Wildman–Crippen MR) is 73.1 cm³/mol. The molecule has 19 heavy (non-hydrogen) atoms. The van der Waals surface area contributed by atoms with Gasteiger partial charge in [-0.1, -0.05) is 6.07 Å². The molecule has 6 heteroatoms. The normalized spacial score (nSPS) is 12.9. The Hall–Kier alpha value is -1.79. The number of hydrogen-bond acceptors (Lipinski definition) is 5. The van der Waals surface area contributed by atoms with Crippen molar-refractivity contribution in [2.75, 3.05) is 0 Å². The van der Waals surface area contributed by atoms with Crippen LogP contribution in [0.5, 0.6) is 0 Å². The van der Waals surface area contributed by atoms with Crippen LogP contribution < -0.4 is 11.3 Å². The van der Waals surface area contributed by atoms with Gasteiger partial charge in [0, 0.05) is 18.2 Å². The molecule has 0 fully saturated rings. The van der Waals surface area contributed by atoms with Gasteiger partial charge in [0.1, 0.15) is 12.2 Å². The Morgan fingerprint density at radius 3 is 2.79 bits per heavy atom. The van der Waals surface area contributed by atoms with Crippen LogP contribution in [0.3, 0.4) is 0 Å². The largest absolute Gasteiger partial charge is 0.271 e. The second-order valence-electron chi connectivity index (χ2n) is 4.84. The van der Waals surface area contributed by atoms with Gasteiger partial charge in [0.2, 0.25) is 0 Å². The number of nitrogens with two attached hydrogens (primary N) is 1. The molecule has 2 rings (SSSR count). The fourth-order valence-electron chi connectivity index (χ4n) is 2.04. The van der Waals surface area contributed by atoms with E-state index < -0.39 is 0 Å². The number of hydrazine groups is 1. The van der Waals surface area contributed by atoms with E-state index in [4.69, 9.17) is 5.84 Å². The summed E-state index contributed by atoms with van der Waals surface area (Å²) in [6, 6.07) is 6.12. The van der Waals surface area contributed by atoms with Crippen LogP contribution in [0.1, 0.15) is 43.1 Å². The molecule has 0 amide bonds. The molecule has 6 nitrogen and oxygen atoms in total. The summed E-state index contributed by atoms with van der Waals surface area (Å²) in [6.45, 7) is 6.12. The van der Waals surface area contributed by atoms with Gasteiger partial charge < -0.3 is 0 Å². The average molecular weight is 260 g/mol. The van der Waals surface area contributed by atoms with Crippen LogP contribution in [-0.2, 0) is 6.42 Å². The second kappa shape index (κ2) is 5.90. The Kier molecular flexibility index (Phi) is 4.24. The molecule has 0 spiro atoms. The van der Waals surface area contributed by atoms with Crippen LogP contribution in [0.4, 0.5) is 0 Å². The SMILES string of the molecule is Cc1cccc(C(Cc2ncnn2C(C)C)NN)n1. The third kappa shape index (κ3) is 3.15. The summed E-state index contributed by atoms with van der Waals surface area (Å²) in [7, 11) is 0. The predicted octanol–water partition coefficient (Wildman–Crippen LogP) is 1.31. The van der Waals surface area contributed by atoms with Crippen molar-refractivity contribution in [3.63, 3.8) is 0 Å². The lowest BCUT2D eigenvalue weighted by Gasteiger charge is -2.17. The van der Waals surface area contributed by atoms with Gasteiger partial charge in [-0.05, 0) is 32.9 Å².